The molecule has 2 aromatic carbocycles. The fraction of sp³-hybridized carbons (Fsp3) is 0.111. The third-order valence-electron chi connectivity index (χ3n) is 3.81. The lowest BCUT2D eigenvalue weighted by atomic mass is 9.80. The molecule has 2 aromatic rings. The Labute approximate surface area is 125 Å². The number of allylic oxidation sites excluding steroid dienone is 4. The molecule has 0 saturated heterocycles. The smallest absolute Gasteiger partial charge is 0.423 e. The Balaban J connectivity index is 1.83. The molecule has 0 unspecified atom stereocenters. The molecule has 0 spiro atoms. The van der Waals surface area contributed by atoms with E-state index in [4.69, 9.17) is 10.0 Å². The maximum Gasteiger partial charge on any atom is 0.488 e. The summed E-state index contributed by atoms with van der Waals surface area (Å²) in [6.45, 7) is 0. The van der Waals surface area contributed by atoms with Crippen LogP contribution in [0.25, 0.3) is 16.7 Å². The monoisotopic (exact) mass is 276 g/mol. The third kappa shape index (κ3) is 3.15. The predicted molar refractivity (Wildman–Crippen MR) is 88.1 cm³/mol. The lowest BCUT2D eigenvalue weighted by molar-refractivity contribution is 0.426. The molecule has 0 aliphatic heterocycles. The molecular formula is C18H17BO2. The van der Waals surface area contributed by atoms with Crippen molar-refractivity contribution in [1.82, 2.24) is 0 Å². The fourth-order valence-electron chi connectivity index (χ4n) is 2.57. The van der Waals surface area contributed by atoms with E-state index in [1.54, 1.807) is 12.1 Å². The van der Waals surface area contributed by atoms with Gasteiger partial charge in [-0.05, 0) is 40.6 Å². The standard InChI is InChI=1S/C18H17BO2/c20-19(21)18-12-10-17(11-13-18)16-8-6-15(7-9-16)14-4-2-1-3-5-14/h1-2,4,6-13,20-21H,3,5H2. The van der Waals surface area contributed by atoms with Crippen molar-refractivity contribution in [3.05, 3.63) is 72.3 Å². The molecule has 0 atom stereocenters. The van der Waals surface area contributed by atoms with E-state index in [0.29, 0.717) is 5.46 Å². The molecule has 3 rings (SSSR count). The normalized spacial score (nSPS) is 13.9. The molecule has 0 radical (unpaired) electrons. The van der Waals surface area contributed by atoms with Crippen LogP contribution in [0.2, 0.25) is 0 Å². The van der Waals surface area contributed by atoms with Gasteiger partial charge in [-0.25, -0.2) is 0 Å². The van der Waals surface area contributed by atoms with Gasteiger partial charge < -0.3 is 10.0 Å². The van der Waals surface area contributed by atoms with Gasteiger partial charge in [-0.2, -0.15) is 0 Å². The molecule has 2 nitrogen and oxygen atoms in total. The molecule has 0 aromatic heterocycles. The highest BCUT2D eigenvalue weighted by molar-refractivity contribution is 6.58. The van der Waals surface area contributed by atoms with E-state index in [1.165, 1.54) is 11.1 Å². The SMILES string of the molecule is OB(O)c1ccc(-c2ccc(C3=CC=CCC3)cc2)cc1. The van der Waals surface area contributed by atoms with Crippen molar-refractivity contribution in [3.63, 3.8) is 0 Å². The van der Waals surface area contributed by atoms with Crippen molar-refractivity contribution in [2.24, 2.45) is 0 Å². The van der Waals surface area contributed by atoms with Crippen LogP contribution >= 0.6 is 0 Å². The molecule has 0 heterocycles. The van der Waals surface area contributed by atoms with Crippen LogP contribution in [0.3, 0.4) is 0 Å². The number of rotatable bonds is 3. The molecule has 21 heavy (non-hydrogen) atoms. The Hall–Kier alpha value is -2.10. The van der Waals surface area contributed by atoms with Gasteiger partial charge in [0.15, 0.2) is 0 Å². The van der Waals surface area contributed by atoms with Gasteiger partial charge in [-0.1, -0.05) is 66.8 Å². The van der Waals surface area contributed by atoms with Gasteiger partial charge in [0, 0.05) is 0 Å². The van der Waals surface area contributed by atoms with Crippen molar-refractivity contribution >= 4 is 18.2 Å². The second kappa shape index (κ2) is 6.12. The van der Waals surface area contributed by atoms with Crippen LogP contribution in [0.5, 0.6) is 0 Å². The molecule has 1 aliphatic carbocycles. The minimum Gasteiger partial charge on any atom is -0.423 e. The highest BCUT2D eigenvalue weighted by atomic mass is 16.4. The molecule has 0 fully saturated rings. The van der Waals surface area contributed by atoms with Crippen molar-refractivity contribution in [2.45, 2.75) is 12.8 Å². The van der Waals surface area contributed by atoms with Crippen molar-refractivity contribution in [3.8, 4) is 11.1 Å². The highest BCUT2D eigenvalue weighted by Crippen LogP contribution is 2.26. The van der Waals surface area contributed by atoms with Crippen LogP contribution in [0.15, 0.2) is 66.8 Å². The lowest BCUT2D eigenvalue weighted by Gasteiger charge is -2.10. The summed E-state index contributed by atoms with van der Waals surface area (Å²) in [6.07, 6.45) is 8.69. The van der Waals surface area contributed by atoms with Gasteiger partial charge in [0.05, 0.1) is 0 Å². The molecule has 0 saturated carbocycles. The molecule has 3 heteroatoms. The maximum absolute atomic E-state index is 9.11. The molecule has 0 amide bonds. The van der Waals surface area contributed by atoms with E-state index >= 15 is 0 Å². The average molecular weight is 276 g/mol. The summed E-state index contributed by atoms with van der Waals surface area (Å²) in [4.78, 5) is 0. The van der Waals surface area contributed by atoms with Crippen LogP contribution in [-0.2, 0) is 0 Å². The topological polar surface area (TPSA) is 40.5 Å². The fourth-order valence-corrected chi connectivity index (χ4v) is 2.57. The summed E-state index contributed by atoms with van der Waals surface area (Å²) < 4.78 is 0. The predicted octanol–water partition coefficient (Wildman–Crippen LogP) is 2.77. The zero-order valence-corrected chi connectivity index (χ0v) is 11.7. The molecule has 1 aliphatic rings. The van der Waals surface area contributed by atoms with E-state index in [9.17, 15) is 0 Å². The molecule has 0 bridgehead atoms. The summed E-state index contributed by atoms with van der Waals surface area (Å²) in [5, 5.41) is 18.2. The second-order valence-electron chi connectivity index (χ2n) is 5.23. The third-order valence-corrected chi connectivity index (χ3v) is 3.81. The van der Waals surface area contributed by atoms with Crippen LogP contribution in [0, 0.1) is 0 Å². The first kappa shape index (κ1) is 13.9. The largest absolute Gasteiger partial charge is 0.488 e. The summed E-state index contributed by atoms with van der Waals surface area (Å²) in [6, 6.07) is 15.8. The summed E-state index contributed by atoms with van der Waals surface area (Å²) in [5.74, 6) is 0. The van der Waals surface area contributed by atoms with Gasteiger partial charge in [-0.3, -0.25) is 0 Å². The minimum atomic E-state index is -1.41. The summed E-state index contributed by atoms with van der Waals surface area (Å²) in [7, 11) is -1.41. The van der Waals surface area contributed by atoms with Crippen molar-refractivity contribution in [2.75, 3.05) is 0 Å². The lowest BCUT2D eigenvalue weighted by Crippen LogP contribution is -2.29. The van der Waals surface area contributed by atoms with Crippen LogP contribution in [-0.4, -0.2) is 17.2 Å². The molecule has 104 valence electrons. The van der Waals surface area contributed by atoms with E-state index in [2.05, 4.69) is 42.5 Å². The second-order valence-corrected chi connectivity index (χ2v) is 5.23. The van der Waals surface area contributed by atoms with Gasteiger partial charge in [-0.15, -0.1) is 0 Å². The first-order valence-corrected chi connectivity index (χ1v) is 7.16. The van der Waals surface area contributed by atoms with E-state index in [0.717, 1.165) is 24.0 Å². The number of hydrogen-bond donors (Lipinski definition) is 2. The van der Waals surface area contributed by atoms with Crippen molar-refractivity contribution in [1.29, 1.82) is 0 Å². The van der Waals surface area contributed by atoms with Crippen LogP contribution in [0.1, 0.15) is 18.4 Å². The summed E-state index contributed by atoms with van der Waals surface area (Å²) >= 11 is 0. The maximum atomic E-state index is 9.11. The Kier molecular flexibility index (Phi) is 4.04. The van der Waals surface area contributed by atoms with E-state index in [1.807, 2.05) is 12.1 Å². The number of hydrogen-bond acceptors (Lipinski definition) is 2. The zero-order valence-electron chi connectivity index (χ0n) is 11.7. The molecule has 2 N–H and O–H groups in total. The first-order valence-electron chi connectivity index (χ1n) is 7.16. The van der Waals surface area contributed by atoms with Crippen LogP contribution < -0.4 is 5.46 Å². The van der Waals surface area contributed by atoms with Crippen molar-refractivity contribution < 1.29 is 10.0 Å². The zero-order chi connectivity index (χ0) is 14.7. The highest BCUT2D eigenvalue weighted by Gasteiger charge is 2.10. The van der Waals surface area contributed by atoms with Gasteiger partial charge in [0.1, 0.15) is 0 Å². The van der Waals surface area contributed by atoms with Gasteiger partial charge >= 0.3 is 7.12 Å². The van der Waals surface area contributed by atoms with E-state index < -0.39 is 7.12 Å². The Morgan fingerprint density at radius 3 is 1.86 bits per heavy atom. The average Bonchev–Trinajstić information content (AvgIpc) is 2.56. The van der Waals surface area contributed by atoms with Crippen LogP contribution in [0.4, 0.5) is 0 Å². The number of benzene rings is 2. The molecular weight excluding hydrogens is 259 g/mol. The Bertz CT molecular complexity index is 667. The first-order chi connectivity index (χ1) is 10.2. The Morgan fingerprint density at radius 2 is 1.33 bits per heavy atom. The van der Waals surface area contributed by atoms with Gasteiger partial charge in [0.25, 0.3) is 0 Å². The van der Waals surface area contributed by atoms with Gasteiger partial charge in [0.2, 0.25) is 0 Å². The Morgan fingerprint density at radius 1 is 0.762 bits per heavy atom. The van der Waals surface area contributed by atoms with E-state index in [-0.39, 0.29) is 0 Å². The minimum absolute atomic E-state index is 0.509. The summed E-state index contributed by atoms with van der Waals surface area (Å²) in [5.41, 5.74) is 5.36. The quantitative estimate of drug-likeness (QED) is 0.846.